The molecule has 2 amide bonds. The lowest BCUT2D eigenvalue weighted by Gasteiger charge is -2.34. The SMILES string of the molecule is CCOC(=O)CN(C(=O)N(CC(=O)O)C(C)C)C(C)C. The molecule has 0 aromatic carbocycles. The van der Waals surface area contributed by atoms with Crippen LogP contribution in [0, 0.1) is 0 Å². The molecule has 0 aliphatic heterocycles. The van der Waals surface area contributed by atoms with Crippen molar-refractivity contribution in [2.75, 3.05) is 19.7 Å². The monoisotopic (exact) mass is 288 g/mol. The van der Waals surface area contributed by atoms with Crippen LogP contribution < -0.4 is 0 Å². The summed E-state index contributed by atoms with van der Waals surface area (Å²) >= 11 is 0. The van der Waals surface area contributed by atoms with Crippen LogP contribution >= 0.6 is 0 Å². The van der Waals surface area contributed by atoms with Gasteiger partial charge < -0.3 is 19.6 Å². The molecule has 0 atom stereocenters. The number of urea groups is 1. The smallest absolute Gasteiger partial charge is 0.325 e. The minimum absolute atomic E-state index is 0.187. The number of carboxylic acids is 1. The van der Waals surface area contributed by atoms with E-state index in [2.05, 4.69) is 0 Å². The van der Waals surface area contributed by atoms with E-state index in [1.165, 1.54) is 9.80 Å². The van der Waals surface area contributed by atoms with Gasteiger partial charge >= 0.3 is 18.0 Å². The van der Waals surface area contributed by atoms with Crippen LogP contribution in [0.1, 0.15) is 34.6 Å². The normalized spacial score (nSPS) is 10.6. The van der Waals surface area contributed by atoms with E-state index in [-0.39, 0.29) is 25.2 Å². The van der Waals surface area contributed by atoms with Crippen LogP contribution in [0.3, 0.4) is 0 Å². The van der Waals surface area contributed by atoms with Crippen molar-refractivity contribution < 1.29 is 24.2 Å². The summed E-state index contributed by atoms with van der Waals surface area (Å²) in [6, 6.07) is -0.991. The molecule has 0 heterocycles. The molecule has 0 unspecified atom stereocenters. The molecule has 0 radical (unpaired) electrons. The van der Waals surface area contributed by atoms with E-state index in [9.17, 15) is 14.4 Å². The van der Waals surface area contributed by atoms with Crippen LogP contribution in [-0.2, 0) is 14.3 Å². The molecule has 0 saturated carbocycles. The van der Waals surface area contributed by atoms with Gasteiger partial charge in [-0.1, -0.05) is 0 Å². The highest BCUT2D eigenvalue weighted by molar-refractivity contribution is 5.84. The van der Waals surface area contributed by atoms with Crippen molar-refractivity contribution in [3.05, 3.63) is 0 Å². The zero-order chi connectivity index (χ0) is 15.9. The first-order chi connectivity index (χ1) is 9.20. The van der Waals surface area contributed by atoms with Gasteiger partial charge in [0, 0.05) is 12.1 Å². The fraction of sp³-hybridized carbons (Fsp3) is 0.769. The number of ether oxygens (including phenoxy) is 1. The van der Waals surface area contributed by atoms with Crippen molar-refractivity contribution in [3.63, 3.8) is 0 Å². The molecule has 0 bridgehead atoms. The van der Waals surface area contributed by atoms with Crippen molar-refractivity contribution in [1.29, 1.82) is 0 Å². The molecule has 0 saturated heterocycles. The first-order valence-corrected chi connectivity index (χ1v) is 6.65. The number of amides is 2. The summed E-state index contributed by atoms with van der Waals surface area (Å²) in [4.78, 5) is 37.3. The van der Waals surface area contributed by atoms with Crippen molar-refractivity contribution in [1.82, 2.24) is 9.80 Å². The van der Waals surface area contributed by atoms with Gasteiger partial charge in [-0.25, -0.2) is 4.79 Å². The van der Waals surface area contributed by atoms with E-state index in [0.29, 0.717) is 0 Å². The molecule has 0 aromatic rings. The second kappa shape index (κ2) is 8.39. The summed E-state index contributed by atoms with van der Waals surface area (Å²) in [5.41, 5.74) is 0. The maximum absolute atomic E-state index is 12.4. The Bertz CT molecular complexity index is 355. The lowest BCUT2D eigenvalue weighted by Crippen LogP contribution is -2.52. The zero-order valence-corrected chi connectivity index (χ0v) is 12.8. The Kier molecular flexibility index (Phi) is 7.64. The van der Waals surface area contributed by atoms with Gasteiger partial charge in [0.05, 0.1) is 6.61 Å². The molecule has 0 aliphatic rings. The summed E-state index contributed by atoms with van der Waals surface area (Å²) < 4.78 is 4.83. The van der Waals surface area contributed by atoms with Crippen molar-refractivity contribution in [3.8, 4) is 0 Å². The maximum Gasteiger partial charge on any atom is 0.325 e. The number of rotatable bonds is 7. The minimum atomic E-state index is -1.09. The largest absolute Gasteiger partial charge is 0.480 e. The van der Waals surface area contributed by atoms with E-state index >= 15 is 0 Å². The third-order valence-corrected chi connectivity index (χ3v) is 2.65. The van der Waals surface area contributed by atoms with E-state index in [0.717, 1.165) is 0 Å². The van der Waals surface area contributed by atoms with E-state index < -0.39 is 24.5 Å². The number of hydrogen-bond acceptors (Lipinski definition) is 4. The molecule has 7 nitrogen and oxygen atoms in total. The van der Waals surface area contributed by atoms with E-state index in [1.54, 1.807) is 34.6 Å². The quantitative estimate of drug-likeness (QED) is 0.711. The molecular weight excluding hydrogens is 264 g/mol. The minimum Gasteiger partial charge on any atom is -0.480 e. The Morgan fingerprint density at radius 2 is 1.45 bits per heavy atom. The molecule has 116 valence electrons. The third kappa shape index (κ3) is 5.90. The van der Waals surface area contributed by atoms with Gasteiger partial charge in [0.2, 0.25) is 0 Å². The number of aliphatic carboxylic acids is 1. The highest BCUT2D eigenvalue weighted by Gasteiger charge is 2.28. The average Bonchev–Trinajstić information content (AvgIpc) is 2.31. The van der Waals surface area contributed by atoms with Gasteiger partial charge in [0.15, 0.2) is 0 Å². The Hall–Kier alpha value is -1.79. The van der Waals surface area contributed by atoms with E-state index in [1.807, 2.05) is 0 Å². The lowest BCUT2D eigenvalue weighted by molar-refractivity contribution is -0.144. The van der Waals surface area contributed by atoms with Crippen LogP contribution in [0.15, 0.2) is 0 Å². The summed E-state index contributed by atoms with van der Waals surface area (Å²) in [5, 5.41) is 8.86. The van der Waals surface area contributed by atoms with Crippen LogP contribution in [0.25, 0.3) is 0 Å². The Balaban J connectivity index is 5.00. The first-order valence-electron chi connectivity index (χ1n) is 6.65. The van der Waals surface area contributed by atoms with Crippen LogP contribution in [0.4, 0.5) is 4.79 Å². The van der Waals surface area contributed by atoms with Crippen LogP contribution in [0.2, 0.25) is 0 Å². The van der Waals surface area contributed by atoms with Crippen molar-refractivity contribution in [2.45, 2.75) is 46.7 Å². The summed E-state index contributed by atoms with van der Waals surface area (Å²) in [6.45, 7) is 8.31. The second-order valence-electron chi connectivity index (χ2n) is 4.92. The third-order valence-electron chi connectivity index (χ3n) is 2.65. The van der Waals surface area contributed by atoms with Crippen molar-refractivity contribution in [2.24, 2.45) is 0 Å². The number of carbonyl (C=O) groups excluding carboxylic acids is 2. The molecule has 0 rings (SSSR count). The average molecular weight is 288 g/mol. The molecule has 0 spiro atoms. The fourth-order valence-electron chi connectivity index (χ4n) is 1.60. The molecular formula is C13H24N2O5. The maximum atomic E-state index is 12.4. The molecule has 1 N–H and O–H groups in total. The highest BCUT2D eigenvalue weighted by atomic mass is 16.5. The number of nitrogens with zero attached hydrogens (tertiary/aromatic N) is 2. The van der Waals surface area contributed by atoms with Crippen molar-refractivity contribution >= 4 is 18.0 Å². The molecule has 7 heteroatoms. The lowest BCUT2D eigenvalue weighted by atomic mass is 10.3. The predicted octanol–water partition coefficient (Wildman–Crippen LogP) is 1.17. The number of carboxylic acid groups (broad SMARTS) is 1. The van der Waals surface area contributed by atoms with Gasteiger partial charge in [-0.05, 0) is 34.6 Å². The number of hydrogen-bond donors (Lipinski definition) is 1. The Labute approximate surface area is 119 Å². The van der Waals surface area contributed by atoms with Gasteiger partial charge in [0.1, 0.15) is 13.1 Å². The van der Waals surface area contributed by atoms with Gasteiger partial charge in [-0.3, -0.25) is 9.59 Å². The molecule has 0 aliphatic carbocycles. The van der Waals surface area contributed by atoms with E-state index in [4.69, 9.17) is 9.84 Å². The van der Waals surface area contributed by atoms with Gasteiger partial charge in [-0.15, -0.1) is 0 Å². The number of esters is 1. The summed E-state index contributed by atoms with van der Waals surface area (Å²) in [5.74, 6) is -1.60. The topological polar surface area (TPSA) is 87.2 Å². The van der Waals surface area contributed by atoms with Crippen LogP contribution in [0.5, 0.6) is 0 Å². The Morgan fingerprint density at radius 3 is 1.80 bits per heavy atom. The summed E-state index contributed by atoms with van der Waals surface area (Å²) in [7, 11) is 0. The molecule has 0 fully saturated rings. The standard InChI is InChI=1S/C13H24N2O5/c1-6-20-12(18)8-15(10(4)5)13(19)14(9(2)3)7-11(16)17/h9-10H,6-8H2,1-5H3,(H,16,17). The predicted molar refractivity (Wildman–Crippen MR) is 73.3 cm³/mol. The highest BCUT2D eigenvalue weighted by Crippen LogP contribution is 2.09. The number of carbonyl (C=O) groups is 3. The van der Waals surface area contributed by atoms with Crippen LogP contribution in [-0.4, -0.2) is 64.7 Å². The molecule has 0 aromatic heterocycles. The summed E-state index contributed by atoms with van der Waals surface area (Å²) in [6.07, 6.45) is 0. The van der Waals surface area contributed by atoms with Gasteiger partial charge in [0.25, 0.3) is 0 Å². The second-order valence-corrected chi connectivity index (χ2v) is 4.92. The Morgan fingerprint density at radius 1 is 1.00 bits per heavy atom. The fourth-order valence-corrected chi connectivity index (χ4v) is 1.60. The first kappa shape index (κ1) is 18.2. The van der Waals surface area contributed by atoms with Gasteiger partial charge in [-0.2, -0.15) is 0 Å². The molecule has 20 heavy (non-hydrogen) atoms. The zero-order valence-electron chi connectivity index (χ0n) is 12.8.